The van der Waals surface area contributed by atoms with E-state index in [-0.39, 0.29) is 0 Å². The fourth-order valence-electron chi connectivity index (χ4n) is 2.02. The lowest BCUT2D eigenvalue weighted by Gasteiger charge is -2.34. The van der Waals surface area contributed by atoms with E-state index in [1.54, 1.807) is 6.20 Å². The van der Waals surface area contributed by atoms with Crippen molar-refractivity contribution < 1.29 is 0 Å². The first-order valence-corrected chi connectivity index (χ1v) is 5.90. The van der Waals surface area contributed by atoms with E-state index in [4.69, 9.17) is 5.73 Å². The largest absolute Gasteiger partial charge is 0.397 e. The number of nitrogens with zero attached hydrogens (tertiary/aromatic N) is 3. The Balaban J connectivity index is 2.05. The molecule has 88 valence electrons. The van der Waals surface area contributed by atoms with Gasteiger partial charge in [0.1, 0.15) is 5.82 Å². The molecule has 2 heterocycles. The summed E-state index contributed by atoms with van der Waals surface area (Å²) < 4.78 is 0. The van der Waals surface area contributed by atoms with E-state index < -0.39 is 0 Å². The zero-order valence-electron chi connectivity index (χ0n) is 10.1. The Bertz CT molecular complexity index is 356. The Morgan fingerprint density at radius 1 is 1.31 bits per heavy atom. The molecule has 0 bridgehead atoms. The third-order valence-electron chi connectivity index (χ3n) is 3.28. The molecular weight excluding hydrogens is 200 g/mol. The SMILES string of the molecule is CCN1CCN(c2cc(C)c(N)cn2)CC1. The van der Waals surface area contributed by atoms with Crippen LogP contribution in [0.2, 0.25) is 0 Å². The first-order valence-electron chi connectivity index (χ1n) is 5.90. The second kappa shape index (κ2) is 4.70. The molecule has 0 aromatic carbocycles. The molecule has 0 amide bonds. The highest BCUT2D eigenvalue weighted by molar-refractivity contribution is 5.52. The third-order valence-corrected chi connectivity index (χ3v) is 3.28. The summed E-state index contributed by atoms with van der Waals surface area (Å²) in [4.78, 5) is 9.19. The number of rotatable bonds is 2. The van der Waals surface area contributed by atoms with Crippen LogP contribution in [0.5, 0.6) is 0 Å². The normalized spacial score (nSPS) is 17.8. The highest BCUT2D eigenvalue weighted by Gasteiger charge is 2.16. The van der Waals surface area contributed by atoms with Gasteiger partial charge in [-0.15, -0.1) is 0 Å². The van der Waals surface area contributed by atoms with Crippen molar-refractivity contribution in [2.75, 3.05) is 43.4 Å². The Hall–Kier alpha value is -1.29. The van der Waals surface area contributed by atoms with Crippen molar-refractivity contribution in [2.45, 2.75) is 13.8 Å². The second-order valence-electron chi connectivity index (χ2n) is 4.32. The van der Waals surface area contributed by atoms with Crippen LogP contribution in [0.25, 0.3) is 0 Å². The van der Waals surface area contributed by atoms with E-state index in [2.05, 4.69) is 27.8 Å². The van der Waals surface area contributed by atoms with Crippen LogP contribution in [0.1, 0.15) is 12.5 Å². The predicted octanol–water partition coefficient (Wildman–Crippen LogP) is 1.11. The van der Waals surface area contributed by atoms with E-state index in [0.717, 1.165) is 49.8 Å². The Kier molecular flexibility index (Phi) is 3.29. The van der Waals surface area contributed by atoms with Gasteiger partial charge in [-0.2, -0.15) is 0 Å². The molecule has 0 radical (unpaired) electrons. The molecule has 16 heavy (non-hydrogen) atoms. The van der Waals surface area contributed by atoms with Crippen molar-refractivity contribution in [1.82, 2.24) is 9.88 Å². The zero-order chi connectivity index (χ0) is 11.5. The number of likely N-dealkylation sites (N-methyl/N-ethyl adjacent to an activating group) is 1. The van der Waals surface area contributed by atoms with E-state index in [1.165, 1.54) is 0 Å². The molecule has 0 atom stereocenters. The topological polar surface area (TPSA) is 45.4 Å². The first-order chi connectivity index (χ1) is 7.70. The average Bonchev–Trinajstić information content (AvgIpc) is 2.33. The summed E-state index contributed by atoms with van der Waals surface area (Å²) in [5, 5.41) is 0. The maximum atomic E-state index is 5.77. The number of hydrogen-bond acceptors (Lipinski definition) is 4. The van der Waals surface area contributed by atoms with Crippen LogP contribution in [0, 0.1) is 6.92 Å². The number of nitrogen functional groups attached to an aromatic ring is 1. The van der Waals surface area contributed by atoms with Gasteiger partial charge in [0, 0.05) is 26.2 Å². The summed E-state index contributed by atoms with van der Waals surface area (Å²) in [7, 11) is 0. The molecule has 0 unspecified atom stereocenters. The summed E-state index contributed by atoms with van der Waals surface area (Å²) in [6.07, 6.45) is 1.76. The van der Waals surface area contributed by atoms with Gasteiger partial charge in [0.15, 0.2) is 0 Å². The smallest absolute Gasteiger partial charge is 0.128 e. The second-order valence-corrected chi connectivity index (χ2v) is 4.32. The average molecular weight is 220 g/mol. The van der Waals surface area contributed by atoms with Crippen molar-refractivity contribution in [3.8, 4) is 0 Å². The van der Waals surface area contributed by atoms with E-state index in [9.17, 15) is 0 Å². The van der Waals surface area contributed by atoms with E-state index in [1.807, 2.05) is 6.92 Å². The fourth-order valence-corrected chi connectivity index (χ4v) is 2.02. The molecule has 1 aromatic heterocycles. The number of pyridine rings is 1. The number of aryl methyl sites for hydroxylation is 1. The van der Waals surface area contributed by atoms with Gasteiger partial charge in [0.2, 0.25) is 0 Å². The fraction of sp³-hybridized carbons (Fsp3) is 0.583. The van der Waals surface area contributed by atoms with Crippen molar-refractivity contribution in [1.29, 1.82) is 0 Å². The molecule has 0 spiro atoms. The van der Waals surface area contributed by atoms with Gasteiger partial charge in [-0.3, -0.25) is 0 Å². The Morgan fingerprint density at radius 3 is 2.56 bits per heavy atom. The van der Waals surface area contributed by atoms with Gasteiger partial charge in [-0.25, -0.2) is 4.98 Å². The highest BCUT2D eigenvalue weighted by atomic mass is 15.3. The molecule has 0 aliphatic carbocycles. The minimum atomic E-state index is 0.774. The van der Waals surface area contributed by atoms with Gasteiger partial charge >= 0.3 is 0 Å². The molecular formula is C12H20N4. The van der Waals surface area contributed by atoms with Gasteiger partial charge in [-0.1, -0.05) is 6.92 Å². The third kappa shape index (κ3) is 2.27. The van der Waals surface area contributed by atoms with Gasteiger partial charge in [0.05, 0.1) is 11.9 Å². The summed E-state index contributed by atoms with van der Waals surface area (Å²) in [6, 6.07) is 2.08. The van der Waals surface area contributed by atoms with Crippen LogP contribution in [0.4, 0.5) is 11.5 Å². The monoisotopic (exact) mass is 220 g/mol. The number of hydrogen-bond donors (Lipinski definition) is 1. The lowest BCUT2D eigenvalue weighted by Crippen LogP contribution is -2.46. The van der Waals surface area contributed by atoms with Gasteiger partial charge < -0.3 is 15.5 Å². The molecule has 4 nitrogen and oxygen atoms in total. The molecule has 2 N–H and O–H groups in total. The number of aromatic nitrogens is 1. The summed E-state index contributed by atoms with van der Waals surface area (Å²) >= 11 is 0. The van der Waals surface area contributed by atoms with Crippen LogP contribution in [-0.4, -0.2) is 42.6 Å². The molecule has 1 aliphatic heterocycles. The molecule has 4 heteroatoms. The Labute approximate surface area is 97.1 Å². The molecule has 0 saturated carbocycles. The lowest BCUT2D eigenvalue weighted by atomic mass is 10.2. The zero-order valence-corrected chi connectivity index (χ0v) is 10.1. The van der Waals surface area contributed by atoms with E-state index >= 15 is 0 Å². The first kappa shape index (κ1) is 11.2. The summed E-state index contributed by atoms with van der Waals surface area (Å²) in [5.41, 5.74) is 7.66. The maximum Gasteiger partial charge on any atom is 0.128 e. The van der Waals surface area contributed by atoms with E-state index in [0.29, 0.717) is 0 Å². The van der Waals surface area contributed by atoms with Crippen molar-refractivity contribution in [3.63, 3.8) is 0 Å². The van der Waals surface area contributed by atoms with Crippen LogP contribution in [-0.2, 0) is 0 Å². The van der Waals surface area contributed by atoms with Crippen LogP contribution < -0.4 is 10.6 Å². The molecule has 1 aliphatic rings. The van der Waals surface area contributed by atoms with Crippen molar-refractivity contribution in [3.05, 3.63) is 17.8 Å². The molecule has 1 aromatic rings. The summed E-state index contributed by atoms with van der Waals surface area (Å²) in [6.45, 7) is 9.75. The standard InChI is InChI=1S/C12H20N4/c1-3-15-4-6-16(7-5-15)12-8-10(2)11(13)9-14-12/h8-9H,3-7,13H2,1-2H3. The maximum absolute atomic E-state index is 5.77. The molecule has 1 fully saturated rings. The lowest BCUT2D eigenvalue weighted by molar-refractivity contribution is 0.270. The quantitative estimate of drug-likeness (QED) is 0.811. The van der Waals surface area contributed by atoms with Crippen LogP contribution in [0.15, 0.2) is 12.3 Å². The van der Waals surface area contributed by atoms with Crippen molar-refractivity contribution in [2.24, 2.45) is 0 Å². The molecule has 1 saturated heterocycles. The Morgan fingerprint density at radius 2 is 2.00 bits per heavy atom. The van der Waals surface area contributed by atoms with Gasteiger partial charge in [-0.05, 0) is 25.1 Å². The van der Waals surface area contributed by atoms with Gasteiger partial charge in [0.25, 0.3) is 0 Å². The number of piperazine rings is 1. The highest BCUT2D eigenvalue weighted by Crippen LogP contribution is 2.18. The number of anilines is 2. The minimum absolute atomic E-state index is 0.774. The predicted molar refractivity (Wildman–Crippen MR) is 67.7 cm³/mol. The number of nitrogens with two attached hydrogens (primary N) is 1. The van der Waals surface area contributed by atoms with Crippen molar-refractivity contribution >= 4 is 11.5 Å². The molecule has 2 rings (SSSR count). The van der Waals surface area contributed by atoms with Crippen LogP contribution in [0.3, 0.4) is 0 Å². The minimum Gasteiger partial charge on any atom is -0.397 e. The van der Waals surface area contributed by atoms with Crippen LogP contribution >= 0.6 is 0 Å². The summed E-state index contributed by atoms with van der Waals surface area (Å²) in [5.74, 6) is 1.06.